The molecule has 0 radical (unpaired) electrons. The highest BCUT2D eigenvalue weighted by Gasteiger charge is 2.31. The monoisotopic (exact) mass is 225 g/mol. The summed E-state index contributed by atoms with van der Waals surface area (Å²) in [7, 11) is 0. The predicted octanol–water partition coefficient (Wildman–Crippen LogP) is 0.454. The van der Waals surface area contributed by atoms with Crippen molar-refractivity contribution >= 4 is 5.91 Å². The van der Waals surface area contributed by atoms with E-state index in [4.69, 9.17) is 11.5 Å². The van der Waals surface area contributed by atoms with Gasteiger partial charge in [-0.1, -0.05) is 0 Å². The summed E-state index contributed by atoms with van der Waals surface area (Å²) < 4.78 is 0. The fourth-order valence-electron chi connectivity index (χ4n) is 2.85. The Hall–Kier alpha value is -0.610. The third-order valence-corrected chi connectivity index (χ3v) is 4.03. The number of likely N-dealkylation sites (tertiary alicyclic amines) is 1. The summed E-state index contributed by atoms with van der Waals surface area (Å²) in [5, 5.41) is 0. The summed E-state index contributed by atoms with van der Waals surface area (Å²) in [6, 6.07) is 0.0379. The molecule has 0 bridgehead atoms. The Kier molecular flexibility index (Phi) is 3.82. The number of carbonyl (C=O) groups excluding carboxylic acids is 1. The average molecular weight is 225 g/mol. The van der Waals surface area contributed by atoms with E-state index in [1.165, 1.54) is 0 Å². The van der Waals surface area contributed by atoms with E-state index < -0.39 is 0 Å². The van der Waals surface area contributed by atoms with E-state index in [0.29, 0.717) is 12.0 Å². The van der Waals surface area contributed by atoms with E-state index in [1.807, 2.05) is 4.90 Å². The van der Waals surface area contributed by atoms with Crippen LogP contribution >= 0.6 is 0 Å². The van der Waals surface area contributed by atoms with Gasteiger partial charge in [0.25, 0.3) is 0 Å². The summed E-state index contributed by atoms with van der Waals surface area (Å²) in [5.41, 5.74) is 11.9. The van der Waals surface area contributed by atoms with Crippen molar-refractivity contribution in [2.45, 2.75) is 50.6 Å². The lowest BCUT2D eigenvalue weighted by atomic mass is 9.81. The van der Waals surface area contributed by atoms with Crippen LogP contribution < -0.4 is 11.5 Å². The van der Waals surface area contributed by atoms with Crippen LogP contribution in [0.2, 0.25) is 0 Å². The van der Waals surface area contributed by atoms with Crippen molar-refractivity contribution < 1.29 is 4.79 Å². The second-order valence-electron chi connectivity index (χ2n) is 5.23. The standard InChI is InChI=1S/C12H23N3O/c13-10-5-3-9(4-6-10)11(14)12(16)15-7-1-2-8-15/h9-11H,1-8,13-14H2/t9-,10-,11-/m0/s1. The average Bonchev–Trinajstić information content (AvgIpc) is 2.81. The third-order valence-electron chi connectivity index (χ3n) is 4.03. The molecule has 4 nitrogen and oxygen atoms in total. The molecule has 1 amide bonds. The van der Waals surface area contributed by atoms with Gasteiger partial charge in [0.1, 0.15) is 0 Å². The van der Waals surface area contributed by atoms with Gasteiger partial charge in [0.15, 0.2) is 0 Å². The van der Waals surface area contributed by atoms with Gasteiger partial charge in [-0.15, -0.1) is 0 Å². The molecule has 1 saturated carbocycles. The van der Waals surface area contributed by atoms with Crippen molar-refractivity contribution in [1.29, 1.82) is 0 Å². The molecule has 0 spiro atoms. The van der Waals surface area contributed by atoms with Crippen LogP contribution in [0.4, 0.5) is 0 Å². The lowest BCUT2D eigenvalue weighted by Crippen LogP contribution is -2.48. The van der Waals surface area contributed by atoms with Crippen LogP contribution in [-0.4, -0.2) is 36.0 Å². The Bertz CT molecular complexity index is 243. The smallest absolute Gasteiger partial charge is 0.239 e. The second-order valence-corrected chi connectivity index (χ2v) is 5.23. The summed E-state index contributed by atoms with van der Waals surface area (Å²) in [6.07, 6.45) is 6.34. The van der Waals surface area contributed by atoms with Crippen molar-refractivity contribution in [2.75, 3.05) is 13.1 Å². The summed E-state index contributed by atoms with van der Waals surface area (Å²) in [6.45, 7) is 1.80. The summed E-state index contributed by atoms with van der Waals surface area (Å²) in [5.74, 6) is 0.519. The highest BCUT2D eigenvalue weighted by Crippen LogP contribution is 2.26. The Balaban J connectivity index is 1.86. The van der Waals surface area contributed by atoms with Crippen molar-refractivity contribution in [3.05, 3.63) is 0 Å². The van der Waals surface area contributed by atoms with Crippen molar-refractivity contribution in [2.24, 2.45) is 17.4 Å². The molecule has 4 heteroatoms. The van der Waals surface area contributed by atoms with Gasteiger partial charge in [-0.2, -0.15) is 0 Å². The largest absolute Gasteiger partial charge is 0.341 e. The lowest BCUT2D eigenvalue weighted by molar-refractivity contribution is -0.133. The first kappa shape index (κ1) is 11.9. The van der Waals surface area contributed by atoms with E-state index in [-0.39, 0.29) is 11.9 Å². The Labute approximate surface area is 97.3 Å². The van der Waals surface area contributed by atoms with Crippen molar-refractivity contribution in [3.8, 4) is 0 Å². The molecule has 0 aromatic rings. The molecule has 0 aromatic heterocycles. The summed E-state index contributed by atoms with van der Waals surface area (Å²) in [4.78, 5) is 14.0. The van der Waals surface area contributed by atoms with Crippen molar-refractivity contribution in [1.82, 2.24) is 4.90 Å². The SMILES string of the molecule is N[C@H](C(=O)N1CCCC1)[C@H]1CC[C@H](N)CC1. The molecule has 1 aliphatic carbocycles. The maximum absolute atomic E-state index is 12.1. The lowest BCUT2D eigenvalue weighted by Gasteiger charge is -2.31. The molecule has 1 saturated heterocycles. The molecule has 2 fully saturated rings. The zero-order valence-electron chi connectivity index (χ0n) is 9.90. The molecule has 0 aromatic carbocycles. The molecule has 1 atom stereocenters. The zero-order valence-corrected chi connectivity index (χ0v) is 9.90. The van der Waals surface area contributed by atoms with Crippen LogP contribution in [0.5, 0.6) is 0 Å². The maximum Gasteiger partial charge on any atom is 0.239 e. The Morgan fingerprint density at radius 1 is 1.12 bits per heavy atom. The van der Waals surface area contributed by atoms with E-state index in [1.54, 1.807) is 0 Å². The molecular weight excluding hydrogens is 202 g/mol. The number of nitrogens with zero attached hydrogens (tertiary/aromatic N) is 1. The predicted molar refractivity (Wildman–Crippen MR) is 63.7 cm³/mol. The molecule has 16 heavy (non-hydrogen) atoms. The first-order valence-electron chi connectivity index (χ1n) is 6.48. The van der Waals surface area contributed by atoms with Crippen LogP contribution in [0, 0.1) is 5.92 Å². The maximum atomic E-state index is 12.1. The molecule has 92 valence electrons. The normalized spacial score (nSPS) is 32.8. The first-order valence-corrected chi connectivity index (χ1v) is 6.48. The van der Waals surface area contributed by atoms with Gasteiger partial charge in [-0.3, -0.25) is 4.79 Å². The van der Waals surface area contributed by atoms with Gasteiger partial charge < -0.3 is 16.4 Å². The van der Waals surface area contributed by atoms with Crippen molar-refractivity contribution in [3.63, 3.8) is 0 Å². The molecule has 2 rings (SSSR count). The number of carbonyl (C=O) groups is 1. The molecule has 1 aliphatic heterocycles. The number of amides is 1. The Morgan fingerprint density at radius 3 is 2.25 bits per heavy atom. The van der Waals surface area contributed by atoms with Crippen LogP contribution in [0.1, 0.15) is 38.5 Å². The highest BCUT2D eigenvalue weighted by molar-refractivity contribution is 5.82. The van der Waals surface area contributed by atoms with Crippen LogP contribution in [0.15, 0.2) is 0 Å². The van der Waals surface area contributed by atoms with E-state index in [0.717, 1.165) is 51.6 Å². The fraction of sp³-hybridized carbons (Fsp3) is 0.917. The number of rotatable bonds is 2. The molecule has 1 heterocycles. The van der Waals surface area contributed by atoms with E-state index >= 15 is 0 Å². The Morgan fingerprint density at radius 2 is 1.69 bits per heavy atom. The summed E-state index contributed by atoms with van der Waals surface area (Å²) >= 11 is 0. The van der Waals surface area contributed by atoms with Gasteiger partial charge in [0.2, 0.25) is 5.91 Å². The minimum Gasteiger partial charge on any atom is -0.341 e. The quantitative estimate of drug-likeness (QED) is 0.717. The molecule has 4 N–H and O–H groups in total. The van der Waals surface area contributed by atoms with E-state index in [2.05, 4.69) is 0 Å². The molecular formula is C12H23N3O. The minimum absolute atomic E-state index is 0.165. The molecule has 0 unspecified atom stereocenters. The van der Waals surface area contributed by atoms with Crippen LogP contribution in [0.25, 0.3) is 0 Å². The van der Waals surface area contributed by atoms with Gasteiger partial charge >= 0.3 is 0 Å². The number of hydrogen-bond donors (Lipinski definition) is 2. The highest BCUT2D eigenvalue weighted by atomic mass is 16.2. The zero-order chi connectivity index (χ0) is 11.5. The first-order chi connectivity index (χ1) is 7.68. The van der Waals surface area contributed by atoms with Gasteiger partial charge in [-0.25, -0.2) is 0 Å². The van der Waals surface area contributed by atoms with Crippen LogP contribution in [-0.2, 0) is 4.79 Å². The fourth-order valence-corrected chi connectivity index (χ4v) is 2.85. The van der Waals surface area contributed by atoms with Gasteiger partial charge in [0.05, 0.1) is 6.04 Å². The minimum atomic E-state index is -0.286. The third kappa shape index (κ3) is 2.55. The second kappa shape index (κ2) is 5.15. The molecule has 2 aliphatic rings. The number of nitrogens with two attached hydrogens (primary N) is 2. The number of hydrogen-bond acceptors (Lipinski definition) is 3. The van der Waals surface area contributed by atoms with Crippen LogP contribution in [0.3, 0.4) is 0 Å². The van der Waals surface area contributed by atoms with E-state index in [9.17, 15) is 4.79 Å². The van der Waals surface area contributed by atoms with Gasteiger partial charge in [0, 0.05) is 19.1 Å². The van der Waals surface area contributed by atoms with Gasteiger partial charge in [-0.05, 0) is 44.4 Å². The topological polar surface area (TPSA) is 72.4 Å².